The van der Waals surface area contributed by atoms with E-state index in [0.29, 0.717) is 17.9 Å². The summed E-state index contributed by atoms with van der Waals surface area (Å²) in [5, 5.41) is 12.3. The van der Waals surface area contributed by atoms with E-state index in [4.69, 9.17) is 16.3 Å². The molecule has 0 spiro atoms. The van der Waals surface area contributed by atoms with Crippen molar-refractivity contribution in [2.75, 3.05) is 6.54 Å². The summed E-state index contributed by atoms with van der Waals surface area (Å²) in [7, 11) is 0. The predicted octanol–water partition coefficient (Wildman–Crippen LogP) is 7.03. The summed E-state index contributed by atoms with van der Waals surface area (Å²) in [5.74, 6) is 0.875. The van der Waals surface area contributed by atoms with Gasteiger partial charge in [-0.15, -0.1) is 11.8 Å². The van der Waals surface area contributed by atoms with E-state index < -0.39 is 5.60 Å². The van der Waals surface area contributed by atoms with E-state index in [1.807, 2.05) is 49.1 Å². The lowest BCUT2D eigenvalue weighted by Gasteiger charge is -2.31. The van der Waals surface area contributed by atoms with E-state index in [1.54, 1.807) is 18.7 Å². The summed E-state index contributed by atoms with van der Waals surface area (Å²) < 4.78 is 6.72. The third-order valence-corrected chi connectivity index (χ3v) is 8.12. The van der Waals surface area contributed by atoms with Crippen LogP contribution in [0.4, 0.5) is 0 Å². The fourth-order valence-corrected chi connectivity index (χ4v) is 6.37. The SMILES string of the molecule is CC(=O)N1CCC[C@@H]1C(Cc1ccc(Cl)cc1)Oc1ccc2[nH]c(CC(C)(C)O)c(SC(C)(C)C)c2c1. The third kappa shape index (κ3) is 7.24. The minimum Gasteiger partial charge on any atom is -0.488 e. The third-order valence-electron chi connectivity index (χ3n) is 6.58. The van der Waals surface area contributed by atoms with Gasteiger partial charge in [0.05, 0.1) is 11.6 Å². The van der Waals surface area contributed by atoms with Gasteiger partial charge in [-0.25, -0.2) is 0 Å². The number of aromatic amines is 1. The number of carbonyl (C=O) groups is 1. The van der Waals surface area contributed by atoms with Crippen LogP contribution in [0.5, 0.6) is 5.75 Å². The van der Waals surface area contributed by atoms with Crippen molar-refractivity contribution in [1.29, 1.82) is 0 Å². The summed E-state index contributed by atoms with van der Waals surface area (Å²) in [6.45, 7) is 12.7. The summed E-state index contributed by atoms with van der Waals surface area (Å²) >= 11 is 7.93. The van der Waals surface area contributed by atoms with E-state index >= 15 is 0 Å². The fraction of sp³-hybridized carbons (Fsp3) is 0.500. The number of fused-ring (bicyclic) bond motifs is 1. The normalized spacial score (nSPS) is 17.4. The Labute approximate surface area is 229 Å². The lowest BCUT2D eigenvalue weighted by molar-refractivity contribution is -0.131. The van der Waals surface area contributed by atoms with Crippen LogP contribution in [0.15, 0.2) is 47.4 Å². The number of aromatic nitrogens is 1. The number of nitrogens with zero attached hydrogens (tertiary/aromatic N) is 1. The molecule has 5 nitrogen and oxygen atoms in total. The van der Waals surface area contributed by atoms with E-state index in [1.165, 1.54) is 0 Å². The molecule has 1 saturated heterocycles. The molecule has 0 radical (unpaired) electrons. The number of hydrogen-bond acceptors (Lipinski definition) is 4. The van der Waals surface area contributed by atoms with Gasteiger partial charge in [0.2, 0.25) is 5.91 Å². The van der Waals surface area contributed by atoms with Gasteiger partial charge in [-0.05, 0) is 62.6 Å². The van der Waals surface area contributed by atoms with Gasteiger partial charge in [-0.1, -0.05) is 44.5 Å². The lowest BCUT2D eigenvalue weighted by atomic mass is 9.99. The van der Waals surface area contributed by atoms with Crippen LogP contribution in [0.1, 0.15) is 65.6 Å². The molecule has 4 rings (SSSR count). The number of hydrogen-bond donors (Lipinski definition) is 2. The van der Waals surface area contributed by atoms with Crippen molar-refractivity contribution >= 4 is 40.2 Å². The molecule has 3 aromatic rings. The van der Waals surface area contributed by atoms with Gasteiger partial charge in [-0.3, -0.25) is 4.79 Å². The number of ether oxygens (including phenoxy) is 1. The second-order valence-corrected chi connectivity index (χ2v) is 14.0. The molecule has 200 valence electrons. The largest absolute Gasteiger partial charge is 0.488 e. The zero-order valence-electron chi connectivity index (χ0n) is 22.7. The Hall–Kier alpha value is -2.15. The van der Waals surface area contributed by atoms with Crippen LogP contribution in [0.3, 0.4) is 0 Å². The highest BCUT2D eigenvalue weighted by molar-refractivity contribution is 8.00. The number of thioether (sulfide) groups is 1. The molecule has 2 atom stereocenters. The van der Waals surface area contributed by atoms with Gasteiger partial charge >= 0.3 is 0 Å². The Balaban J connectivity index is 1.71. The second kappa shape index (κ2) is 10.9. The maximum Gasteiger partial charge on any atom is 0.219 e. The lowest BCUT2D eigenvalue weighted by Crippen LogP contribution is -2.45. The quantitative estimate of drug-likeness (QED) is 0.300. The number of nitrogens with one attached hydrogen (secondary N) is 1. The van der Waals surface area contributed by atoms with Crippen molar-refractivity contribution in [1.82, 2.24) is 9.88 Å². The monoisotopic (exact) mass is 542 g/mol. The van der Waals surface area contributed by atoms with Crippen LogP contribution in [0, 0.1) is 0 Å². The smallest absolute Gasteiger partial charge is 0.219 e. The molecular formula is C30H39ClN2O3S. The number of halogens is 1. The first kappa shape index (κ1) is 27.9. The molecular weight excluding hydrogens is 504 g/mol. The maximum absolute atomic E-state index is 12.4. The number of amides is 1. The van der Waals surface area contributed by atoms with Crippen LogP contribution < -0.4 is 4.74 Å². The van der Waals surface area contributed by atoms with Crippen molar-refractivity contribution < 1.29 is 14.6 Å². The standard InChI is InChI=1S/C30H39ClN2O3S/c1-19(34)33-15-7-8-26(33)27(16-20-9-11-21(31)12-10-20)36-22-13-14-24-23(17-22)28(37-29(2,3)4)25(32-24)18-30(5,6)35/h9-14,17,26-27,32,35H,7-8,15-16,18H2,1-6H3/t26-,27?/m1/s1. The van der Waals surface area contributed by atoms with Crippen LogP contribution >= 0.6 is 23.4 Å². The Bertz CT molecular complexity index is 1240. The Morgan fingerprint density at radius 3 is 2.51 bits per heavy atom. The average molecular weight is 543 g/mol. The maximum atomic E-state index is 12.4. The average Bonchev–Trinajstić information content (AvgIpc) is 3.39. The zero-order chi connectivity index (χ0) is 27.0. The van der Waals surface area contributed by atoms with Gasteiger partial charge in [0.25, 0.3) is 0 Å². The Kier molecular flexibility index (Phi) is 8.22. The highest BCUT2D eigenvalue weighted by Gasteiger charge is 2.35. The molecule has 0 bridgehead atoms. The van der Waals surface area contributed by atoms with Crippen LogP contribution in [-0.4, -0.2) is 49.9 Å². The molecule has 2 N–H and O–H groups in total. The van der Waals surface area contributed by atoms with Gasteiger partial charge in [0, 0.05) is 57.6 Å². The van der Waals surface area contributed by atoms with Crippen molar-refractivity contribution in [3.8, 4) is 5.75 Å². The van der Waals surface area contributed by atoms with Crippen LogP contribution in [-0.2, 0) is 17.6 Å². The molecule has 0 aliphatic carbocycles. The topological polar surface area (TPSA) is 65.6 Å². The van der Waals surface area contributed by atoms with E-state index in [-0.39, 0.29) is 22.8 Å². The van der Waals surface area contributed by atoms with E-state index in [9.17, 15) is 9.90 Å². The van der Waals surface area contributed by atoms with Gasteiger partial charge in [0.1, 0.15) is 11.9 Å². The van der Waals surface area contributed by atoms with Crippen LogP contribution in [0.25, 0.3) is 10.9 Å². The molecule has 1 aliphatic heterocycles. The number of aliphatic hydroxyl groups is 1. The van der Waals surface area contributed by atoms with Gasteiger partial charge in [-0.2, -0.15) is 0 Å². The molecule has 1 aromatic heterocycles. The first-order chi connectivity index (χ1) is 17.3. The van der Waals surface area contributed by atoms with Gasteiger partial charge < -0.3 is 19.7 Å². The van der Waals surface area contributed by atoms with Crippen molar-refractivity contribution in [2.45, 2.75) is 94.6 Å². The highest BCUT2D eigenvalue weighted by atomic mass is 35.5. The van der Waals surface area contributed by atoms with E-state index in [2.05, 4.69) is 37.9 Å². The molecule has 1 unspecified atom stereocenters. The molecule has 1 fully saturated rings. The van der Waals surface area contributed by atoms with E-state index in [0.717, 1.165) is 52.2 Å². The second-order valence-electron chi connectivity index (χ2n) is 11.8. The van der Waals surface area contributed by atoms with Gasteiger partial charge in [0.15, 0.2) is 0 Å². The number of H-pyrrole nitrogens is 1. The minimum absolute atomic E-state index is 0.00326. The Morgan fingerprint density at radius 1 is 1.19 bits per heavy atom. The molecule has 2 heterocycles. The number of likely N-dealkylation sites (tertiary alicyclic amines) is 1. The molecule has 1 amide bonds. The number of carbonyl (C=O) groups excluding carboxylic acids is 1. The summed E-state index contributed by atoms with van der Waals surface area (Å²) in [6, 6.07) is 14.0. The fourth-order valence-electron chi connectivity index (χ4n) is 5.11. The minimum atomic E-state index is -0.824. The first-order valence-corrected chi connectivity index (χ1v) is 14.2. The molecule has 0 saturated carbocycles. The number of benzene rings is 2. The molecule has 1 aliphatic rings. The first-order valence-electron chi connectivity index (χ1n) is 13.0. The predicted molar refractivity (Wildman–Crippen MR) is 154 cm³/mol. The van der Waals surface area contributed by atoms with Crippen molar-refractivity contribution in [2.24, 2.45) is 0 Å². The highest BCUT2D eigenvalue weighted by Crippen LogP contribution is 2.41. The van der Waals surface area contributed by atoms with Crippen molar-refractivity contribution in [3.05, 3.63) is 58.7 Å². The summed E-state index contributed by atoms with van der Waals surface area (Å²) in [5.41, 5.74) is 2.37. The number of rotatable bonds is 8. The Morgan fingerprint density at radius 2 is 1.89 bits per heavy atom. The van der Waals surface area contributed by atoms with Crippen LogP contribution in [0.2, 0.25) is 5.02 Å². The molecule has 7 heteroatoms. The molecule has 37 heavy (non-hydrogen) atoms. The summed E-state index contributed by atoms with van der Waals surface area (Å²) in [4.78, 5) is 19.1. The zero-order valence-corrected chi connectivity index (χ0v) is 24.3. The summed E-state index contributed by atoms with van der Waals surface area (Å²) in [6.07, 6.45) is 2.94. The van der Waals surface area contributed by atoms with Crippen molar-refractivity contribution in [3.63, 3.8) is 0 Å². The molecule has 2 aromatic carbocycles.